The van der Waals surface area contributed by atoms with Crippen LogP contribution in [0.5, 0.6) is 0 Å². The van der Waals surface area contributed by atoms with Gasteiger partial charge >= 0.3 is 0 Å². The van der Waals surface area contributed by atoms with E-state index in [9.17, 15) is 0 Å². The van der Waals surface area contributed by atoms with E-state index in [2.05, 4.69) is 9.98 Å². The van der Waals surface area contributed by atoms with Gasteiger partial charge in [-0.05, 0) is 25.7 Å². The molecule has 4 N–H and O–H groups in total. The highest BCUT2D eigenvalue weighted by atomic mass is 33.1. The lowest BCUT2D eigenvalue weighted by Gasteiger charge is -2.18. The number of nitrogens with two attached hydrogens (primary N) is 2. The van der Waals surface area contributed by atoms with Crippen LogP contribution in [0.4, 0.5) is 0 Å². The third kappa shape index (κ3) is 7.27. The van der Waals surface area contributed by atoms with Crippen LogP contribution in [-0.4, -0.2) is 35.3 Å². The quantitative estimate of drug-likeness (QED) is 0.320. The molecule has 0 radical (unpaired) electrons. The number of aliphatic imine (C=N–C) groups is 2. The van der Waals surface area contributed by atoms with Gasteiger partial charge < -0.3 is 11.5 Å². The molecule has 0 aromatic rings. The predicted octanol–water partition coefficient (Wildman–Crippen LogP) is 3.75. The Labute approximate surface area is 142 Å². The monoisotopic (exact) mass is 342 g/mol. The van der Waals surface area contributed by atoms with Gasteiger partial charge in [0, 0.05) is 0 Å². The second kappa shape index (κ2) is 10.4. The summed E-state index contributed by atoms with van der Waals surface area (Å²) in [7, 11) is 3.48. The Morgan fingerprint density at radius 3 is 1.41 bits per heavy atom. The van der Waals surface area contributed by atoms with Gasteiger partial charge in [-0.1, -0.05) is 60.1 Å². The van der Waals surface area contributed by atoms with Gasteiger partial charge in [0.05, 0.1) is 23.6 Å². The fourth-order valence-electron chi connectivity index (χ4n) is 3.17. The second-order valence-corrected chi connectivity index (χ2v) is 8.81. The molecule has 0 spiro atoms. The van der Waals surface area contributed by atoms with Gasteiger partial charge in [0.1, 0.15) is 11.7 Å². The summed E-state index contributed by atoms with van der Waals surface area (Å²) >= 11 is 0. The van der Waals surface area contributed by atoms with E-state index >= 15 is 0 Å². The first-order chi connectivity index (χ1) is 10.7. The zero-order valence-corrected chi connectivity index (χ0v) is 15.1. The Balaban J connectivity index is 1.59. The highest BCUT2D eigenvalue weighted by Gasteiger charge is 2.13. The summed E-state index contributed by atoms with van der Waals surface area (Å²) in [6, 6.07) is 0.939. The van der Waals surface area contributed by atoms with Crippen molar-refractivity contribution in [2.24, 2.45) is 21.5 Å². The van der Waals surface area contributed by atoms with E-state index < -0.39 is 0 Å². The van der Waals surface area contributed by atoms with Crippen LogP contribution in [0, 0.1) is 0 Å². The van der Waals surface area contributed by atoms with Crippen molar-refractivity contribution in [2.45, 2.75) is 76.3 Å². The Hall–Kier alpha value is -0.360. The standard InChI is InChI=1S/C16H30N4S2/c17-15(19-13-7-3-1-4-8-13)11-21-22-12-16(18)20-14-9-5-2-6-10-14/h13-14H,1-12H2,(H2,17,19)(H2,18,20). The molecule has 0 aliphatic heterocycles. The maximum atomic E-state index is 6.03. The lowest BCUT2D eigenvalue weighted by Crippen LogP contribution is -2.21. The average Bonchev–Trinajstić information content (AvgIpc) is 2.53. The molecule has 0 atom stereocenters. The first kappa shape index (κ1) is 18.0. The molecule has 4 nitrogen and oxygen atoms in total. The first-order valence-electron chi connectivity index (χ1n) is 8.63. The second-order valence-electron chi connectivity index (χ2n) is 6.35. The fourth-order valence-corrected chi connectivity index (χ4v) is 4.95. The molecule has 0 aromatic heterocycles. The minimum Gasteiger partial charge on any atom is -0.387 e. The third-order valence-corrected chi connectivity index (χ3v) is 6.54. The van der Waals surface area contributed by atoms with Gasteiger partial charge in [0.2, 0.25) is 0 Å². The molecule has 0 unspecified atom stereocenters. The van der Waals surface area contributed by atoms with Crippen LogP contribution in [0.15, 0.2) is 9.98 Å². The maximum absolute atomic E-state index is 6.03. The molecule has 2 rings (SSSR count). The van der Waals surface area contributed by atoms with Crippen LogP contribution in [0.2, 0.25) is 0 Å². The van der Waals surface area contributed by atoms with E-state index in [1.807, 2.05) is 0 Å². The maximum Gasteiger partial charge on any atom is 0.105 e. The Bertz CT molecular complexity index is 336. The number of rotatable bonds is 7. The molecule has 2 aliphatic carbocycles. The lowest BCUT2D eigenvalue weighted by molar-refractivity contribution is 0.443. The molecule has 2 saturated carbocycles. The van der Waals surface area contributed by atoms with Crippen molar-refractivity contribution in [3.63, 3.8) is 0 Å². The minimum atomic E-state index is 0.470. The molecule has 0 heterocycles. The topological polar surface area (TPSA) is 76.8 Å². The normalized spacial score (nSPS) is 22.9. The van der Waals surface area contributed by atoms with Crippen molar-refractivity contribution in [1.82, 2.24) is 0 Å². The van der Waals surface area contributed by atoms with E-state index in [1.165, 1.54) is 64.2 Å². The van der Waals surface area contributed by atoms with Crippen molar-refractivity contribution < 1.29 is 0 Å². The molecule has 0 aromatic carbocycles. The summed E-state index contributed by atoms with van der Waals surface area (Å²) in [5.74, 6) is 3.15. The molecule has 0 saturated heterocycles. The fraction of sp³-hybridized carbons (Fsp3) is 0.875. The molecular weight excluding hydrogens is 312 g/mol. The van der Waals surface area contributed by atoms with Gasteiger partial charge in [-0.3, -0.25) is 9.98 Å². The van der Waals surface area contributed by atoms with Crippen LogP contribution >= 0.6 is 21.6 Å². The van der Waals surface area contributed by atoms with Crippen LogP contribution in [0.3, 0.4) is 0 Å². The lowest BCUT2D eigenvalue weighted by atomic mass is 9.96. The van der Waals surface area contributed by atoms with E-state index in [4.69, 9.17) is 11.5 Å². The van der Waals surface area contributed by atoms with Crippen molar-refractivity contribution in [2.75, 3.05) is 11.5 Å². The smallest absolute Gasteiger partial charge is 0.105 e. The number of hydrogen-bond donors (Lipinski definition) is 2. The Morgan fingerprint density at radius 2 is 1.05 bits per heavy atom. The number of nitrogens with zero attached hydrogens (tertiary/aromatic N) is 2. The minimum absolute atomic E-state index is 0.470. The number of amidine groups is 2. The van der Waals surface area contributed by atoms with E-state index in [0.29, 0.717) is 12.1 Å². The van der Waals surface area contributed by atoms with Gasteiger partial charge in [0.15, 0.2) is 0 Å². The Morgan fingerprint density at radius 1 is 0.682 bits per heavy atom. The summed E-state index contributed by atoms with van der Waals surface area (Å²) in [6.45, 7) is 0. The highest BCUT2D eigenvalue weighted by Crippen LogP contribution is 2.24. The van der Waals surface area contributed by atoms with Gasteiger partial charge in [-0.25, -0.2) is 0 Å². The zero-order chi connectivity index (χ0) is 15.6. The van der Waals surface area contributed by atoms with E-state index in [0.717, 1.165) is 23.2 Å². The summed E-state index contributed by atoms with van der Waals surface area (Å²) < 4.78 is 0. The van der Waals surface area contributed by atoms with E-state index in [1.54, 1.807) is 21.6 Å². The van der Waals surface area contributed by atoms with Crippen LogP contribution in [-0.2, 0) is 0 Å². The molecule has 6 heteroatoms. The first-order valence-corrected chi connectivity index (χ1v) is 11.1. The predicted molar refractivity (Wildman–Crippen MR) is 102 cm³/mol. The summed E-state index contributed by atoms with van der Waals surface area (Å²) in [6.07, 6.45) is 12.8. The van der Waals surface area contributed by atoms with Crippen LogP contribution < -0.4 is 11.5 Å². The van der Waals surface area contributed by atoms with Crippen LogP contribution in [0.25, 0.3) is 0 Å². The third-order valence-electron chi connectivity index (χ3n) is 4.34. The van der Waals surface area contributed by atoms with Crippen molar-refractivity contribution in [3.8, 4) is 0 Å². The largest absolute Gasteiger partial charge is 0.387 e. The summed E-state index contributed by atoms with van der Waals surface area (Å²) in [5, 5.41) is 0. The molecule has 126 valence electrons. The number of hydrogen-bond acceptors (Lipinski definition) is 4. The van der Waals surface area contributed by atoms with Crippen molar-refractivity contribution in [3.05, 3.63) is 0 Å². The molecule has 0 bridgehead atoms. The average molecular weight is 343 g/mol. The van der Waals surface area contributed by atoms with Gasteiger partial charge in [-0.2, -0.15) is 0 Å². The summed E-state index contributed by atoms with van der Waals surface area (Å²) in [5.41, 5.74) is 12.1. The molecule has 2 aliphatic rings. The van der Waals surface area contributed by atoms with Crippen molar-refractivity contribution in [1.29, 1.82) is 0 Å². The van der Waals surface area contributed by atoms with Crippen molar-refractivity contribution >= 4 is 33.3 Å². The molecule has 2 fully saturated rings. The SMILES string of the molecule is NC(CSSCC(N)=NC1CCCCC1)=NC1CCCCC1. The molecule has 0 amide bonds. The Kier molecular flexibility index (Phi) is 8.52. The van der Waals surface area contributed by atoms with Crippen LogP contribution in [0.1, 0.15) is 64.2 Å². The molecular formula is C16H30N4S2. The van der Waals surface area contributed by atoms with Gasteiger partial charge in [0.25, 0.3) is 0 Å². The summed E-state index contributed by atoms with van der Waals surface area (Å²) in [4.78, 5) is 9.29. The zero-order valence-electron chi connectivity index (χ0n) is 13.5. The highest BCUT2D eigenvalue weighted by molar-refractivity contribution is 8.77. The van der Waals surface area contributed by atoms with E-state index in [-0.39, 0.29) is 0 Å². The van der Waals surface area contributed by atoms with Gasteiger partial charge in [-0.15, -0.1) is 0 Å². The molecule has 22 heavy (non-hydrogen) atoms.